The Bertz CT molecular complexity index is 2060. The van der Waals surface area contributed by atoms with Gasteiger partial charge in [0.2, 0.25) is 0 Å². The molecule has 0 aliphatic carbocycles. The molecular formula is C85H162O17P2. The molecule has 0 radical (unpaired) electrons. The number of aliphatic hydroxyl groups is 1. The van der Waals surface area contributed by atoms with E-state index in [1.807, 2.05) is 0 Å². The molecule has 0 aliphatic rings. The van der Waals surface area contributed by atoms with Crippen molar-refractivity contribution in [2.24, 2.45) is 0 Å². The molecule has 0 aromatic heterocycles. The zero-order valence-electron chi connectivity index (χ0n) is 67.5. The van der Waals surface area contributed by atoms with E-state index in [0.717, 1.165) is 103 Å². The second-order valence-corrected chi connectivity index (χ2v) is 32.8. The number of ether oxygens (including phenoxy) is 4. The van der Waals surface area contributed by atoms with E-state index < -0.39 is 97.5 Å². The summed E-state index contributed by atoms with van der Waals surface area (Å²) < 4.78 is 68.7. The molecule has 0 aliphatic heterocycles. The lowest BCUT2D eigenvalue weighted by Crippen LogP contribution is -2.30. The maximum absolute atomic E-state index is 13.1. The van der Waals surface area contributed by atoms with Crippen LogP contribution in [-0.2, 0) is 65.4 Å². The van der Waals surface area contributed by atoms with Crippen molar-refractivity contribution < 1.29 is 80.2 Å². The first kappa shape index (κ1) is 102. The molecule has 17 nitrogen and oxygen atoms in total. The Hall–Kier alpha value is -2.46. The third-order valence-corrected chi connectivity index (χ3v) is 21.4. The van der Waals surface area contributed by atoms with Crippen LogP contribution in [0, 0.1) is 0 Å². The zero-order chi connectivity index (χ0) is 76.0. The first-order chi connectivity index (χ1) is 50.7. The molecule has 0 amide bonds. The van der Waals surface area contributed by atoms with Crippen molar-refractivity contribution in [1.82, 2.24) is 0 Å². The van der Waals surface area contributed by atoms with Gasteiger partial charge in [0.25, 0.3) is 0 Å². The number of rotatable bonds is 84. The van der Waals surface area contributed by atoms with Gasteiger partial charge in [-0.3, -0.25) is 37.3 Å². The van der Waals surface area contributed by atoms with Gasteiger partial charge >= 0.3 is 39.5 Å². The van der Waals surface area contributed by atoms with E-state index in [1.54, 1.807) is 0 Å². The van der Waals surface area contributed by atoms with Gasteiger partial charge in [0, 0.05) is 25.7 Å². The number of hydrogen-bond donors (Lipinski definition) is 3. The van der Waals surface area contributed by atoms with Crippen molar-refractivity contribution in [3.63, 3.8) is 0 Å². The Morgan fingerprint density at radius 1 is 0.269 bits per heavy atom. The quantitative estimate of drug-likeness (QED) is 0.0169. The van der Waals surface area contributed by atoms with Gasteiger partial charge in [0.1, 0.15) is 19.3 Å². The van der Waals surface area contributed by atoms with Crippen LogP contribution in [0.15, 0.2) is 24.3 Å². The highest BCUT2D eigenvalue weighted by Gasteiger charge is 2.30. The van der Waals surface area contributed by atoms with Gasteiger partial charge in [0.05, 0.1) is 26.4 Å². The van der Waals surface area contributed by atoms with Crippen molar-refractivity contribution in [3.8, 4) is 0 Å². The molecule has 0 rings (SSSR count). The lowest BCUT2D eigenvalue weighted by atomic mass is 10.0. The average molecular weight is 1520 g/mol. The van der Waals surface area contributed by atoms with E-state index >= 15 is 0 Å². The van der Waals surface area contributed by atoms with E-state index in [2.05, 4.69) is 52.0 Å². The van der Waals surface area contributed by atoms with Crippen molar-refractivity contribution >= 4 is 39.5 Å². The summed E-state index contributed by atoms with van der Waals surface area (Å²) >= 11 is 0. The van der Waals surface area contributed by atoms with Crippen molar-refractivity contribution in [1.29, 1.82) is 0 Å². The van der Waals surface area contributed by atoms with Crippen LogP contribution in [-0.4, -0.2) is 96.7 Å². The second-order valence-electron chi connectivity index (χ2n) is 29.9. The molecule has 3 N–H and O–H groups in total. The smallest absolute Gasteiger partial charge is 0.462 e. The number of carbonyl (C=O) groups excluding carboxylic acids is 4. The molecule has 0 saturated carbocycles. The normalized spacial score (nSPS) is 13.9. The Morgan fingerprint density at radius 2 is 0.462 bits per heavy atom. The Balaban J connectivity index is 5.23. The number of carbonyl (C=O) groups is 4. The van der Waals surface area contributed by atoms with Crippen LogP contribution in [0.5, 0.6) is 0 Å². The average Bonchev–Trinajstić information content (AvgIpc) is 0.908. The number of unbranched alkanes of at least 4 members (excludes halogenated alkanes) is 55. The maximum atomic E-state index is 13.1. The van der Waals surface area contributed by atoms with Gasteiger partial charge in [-0.1, -0.05) is 386 Å². The Kier molecular flexibility index (Phi) is 76.8. The number of aliphatic hydroxyl groups excluding tert-OH is 1. The van der Waals surface area contributed by atoms with E-state index in [9.17, 15) is 43.2 Å². The molecule has 104 heavy (non-hydrogen) atoms. The van der Waals surface area contributed by atoms with E-state index in [-0.39, 0.29) is 25.7 Å². The van der Waals surface area contributed by atoms with E-state index in [4.69, 9.17) is 37.0 Å². The van der Waals surface area contributed by atoms with Gasteiger partial charge < -0.3 is 33.8 Å². The molecule has 0 bridgehead atoms. The van der Waals surface area contributed by atoms with E-state index in [1.165, 1.54) is 257 Å². The molecule has 2 unspecified atom stereocenters. The monoisotopic (exact) mass is 1520 g/mol. The Labute approximate surface area is 637 Å². The maximum Gasteiger partial charge on any atom is 0.472 e. The summed E-state index contributed by atoms with van der Waals surface area (Å²) in [7, 11) is -9.93. The van der Waals surface area contributed by atoms with Gasteiger partial charge in [-0.2, -0.15) is 0 Å². The minimum atomic E-state index is -4.97. The molecule has 0 aromatic rings. The predicted molar refractivity (Wildman–Crippen MR) is 428 cm³/mol. The lowest BCUT2D eigenvalue weighted by Gasteiger charge is -2.21. The van der Waals surface area contributed by atoms with Crippen LogP contribution >= 0.6 is 15.6 Å². The van der Waals surface area contributed by atoms with Crippen LogP contribution in [0.4, 0.5) is 0 Å². The van der Waals surface area contributed by atoms with Gasteiger partial charge in [-0.15, -0.1) is 0 Å². The predicted octanol–water partition coefficient (Wildman–Crippen LogP) is 25.7. The number of hydrogen-bond acceptors (Lipinski definition) is 15. The molecule has 19 heteroatoms. The molecule has 614 valence electrons. The fraction of sp³-hybridized carbons (Fsp3) is 0.906. The fourth-order valence-electron chi connectivity index (χ4n) is 12.8. The number of phosphoric ester groups is 2. The summed E-state index contributed by atoms with van der Waals surface area (Å²) in [5.74, 6) is -2.13. The Morgan fingerprint density at radius 3 is 0.702 bits per heavy atom. The molecule has 0 heterocycles. The first-order valence-corrected chi connectivity index (χ1v) is 46.6. The first-order valence-electron chi connectivity index (χ1n) is 43.6. The van der Waals surface area contributed by atoms with Gasteiger partial charge in [0.15, 0.2) is 12.2 Å². The minimum Gasteiger partial charge on any atom is -0.462 e. The van der Waals surface area contributed by atoms with Crippen LogP contribution < -0.4 is 0 Å². The SMILES string of the molecule is CCCCCC/C=C\C=C/CCCCCCCC(=O)O[C@H](COC(=O)CCCCCCCCCCC)COP(=O)(O)OC[C@H](O)COP(=O)(O)OC[C@@H](COC(=O)CCCCCCCCCCCCCCCCCCCCCC)OC(=O)CCCCCCCCCCCCCCCCCCCCCC. The van der Waals surface area contributed by atoms with Crippen LogP contribution in [0.1, 0.15) is 439 Å². The number of allylic oxidation sites excluding steroid dienone is 4. The number of phosphoric acid groups is 2. The van der Waals surface area contributed by atoms with Crippen LogP contribution in [0.3, 0.4) is 0 Å². The standard InChI is InChI=1S/C85H162O17P2/c1-5-9-13-17-21-25-28-31-34-36-38-40-42-45-47-50-54-58-62-66-70-83(88)96-76-81(102-85(90)72-68-64-60-56-52-49-46-43-41-39-37-35-32-29-26-22-18-14-10-6-2)78-100-104(93,94)98-74-79(86)73-97-103(91,92)99-77-80(75-95-82(87)69-65-61-57-53-24-20-16-12-8-4)101-84(89)71-67-63-59-55-51-48-44-33-30-27-23-19-15-11-7-3/h27,30,33,44,79-81,86H,5-26,28-29,31-32,34-43,45-78H2,1-4H3,(H,91,92)(H,93,94)/b30-27-,44-33-/t79-,80+,81+/m0/s1. The molecule has 5 atom stereocenters. The highest BCUT2D eigenvalue weighted by atomic mass is 31.2. The topological polar surface area (TPSA) is 237 Å². The van der Waals surface area contributed by atoms with E-state index in [0.29, 0.717) is 25.7 Å². The molecule has 0 aromatic carbocycles. The van der Waals surface area contributed by atoms with Gasteiger partial charge in [-0.25, -0.2) is 9.13 Å². The lowest BCUT2D eigenvalue weighted by molar-refractivity contribution is -0.161. The molecular weight excluding hydrogens is 1350 g/mol. The van der Waals surface area contributed by atoms with Crippen molar-refractivity contribution in [2.75, 3.05) is 39.6 Å². The second kappa shape index (κ2) is 78.7. The highest BCUT2D eigenvalue weighted by Crippen LogP contribution is 2.45. The largest absolute Gasteiger partial charge is 0.472 e. The fourth-order valence-corrected chi connectivity index (χ4v) is 14.4. The zero-order valence-corrected chi connectivity index (χ0v) is 69.3. The van der Waals surface area contributed by atoms with Gasteiger partial charge in [-0.05, 0) is 51.4 Å². The molecule has 0 spiro atoms. The highest BCUT2D eigenvalue weighted by molar-refractivity contribution is 7.47. The summed E-state index contributed by atoms with van der Waals surface area (Å²) in [4.78, 5) is 73.1. The number of esters is 4. The summed E-state index contributed by atoms with van der Waals surface area (Å²) in [5.41, 5.74) is 0. The third-order valence-electron chi connectivity index (χ3n) is 19.5. The minimum absolute atomic E-state index is 0.0857. The summed E-state index contributed by atoms with van der Waals surface area (Å²) in [5, 5.41) is 10.7. The summed E-state index contributed by atoms with van der Waals surface area (Å²) in [6.07, 6.45) is 75.9. The van der Waals surface area contributed by atoms with Crippen LogP contribution in [0.25, 0.3) is 0 Å². The summed E-state index contributed by atoms with van der Waals surface area (Å²) in [6.45, 7) is 4.96. The molecule has 0 fully saturated rings. The summed E-state index contributed by atoms with van der Waals surface area (Å²) in [6, 6.07) is 0. The van der Waals surface area contributed by atoms with Crippen molar-refractivity contribution in [3.05, 3.63) is 24.3 Å². The molecule has 0 saturated heterocycles. The third kappa shape index (κ3) is 77.7. The van der Waals surface area contributed by atoms with Crippen LogP contribution in [0.2, 0.25) is 0 Å². The van der Waals surface area contributed by atoms with Crippen molar-refractivity contribution in [2.45, 2.75) is 457 Å².